The maximum Gasteiger partial charge on any atom is 0.339 e. The van der Waals surface area contributed by atoms with Gasteiger partial charge in [0.15, 0.2) is 5.12 Å². The lowest BCUT2D eigenvalue weighted by molar-refractivity contribution is -0.153. The second kappa shape index (κ2) is 10.3. The average molecular weight is 410 g/mol. The fourth-order valence-corrected chi connectivity index (χ4v) is 2.98. The Labute approximate surface area is 169 Å². The zero-order chi connectivity index (χ0) is 21.5. The molecule has 0 fully saturated rings. The lowest BCUT2D eigenvalue weighted by Crippen LogP contribution is -2.42. The summed E-state index contributed by atoms with van der Waals surface area (Å²) >= 11 is 1.03. The summed E-state index contributed by atoms with van der Waals surface area (Å²) in [4.78, 5) is 50.0. The zero-order valence-electron chi connectivity index (χ0n) is 17.1. The topological polar surface area (TPSA) is 90.0 Å². The Balaban J connectivity index is 3.25. The number of ether oxygens (including phenoxy) is 2. The van der Waals surface area contributed by atoms with Crippen molar-refractivity contribution in [3.8, 4) is 0 Å². The van der Waals surface area contributed by atoms with E-state index >= 15 is 0 Å². The molecule has 0 spiro atoms. The Hall–Kier alpha value is -2.35. The van der Waals surface area contributed by atoms with Crippen molar-refractivity contribution in [2.45, 2.75) is 40.2 Å². The SMILES string of the molecule is COC(=O)c1ccccc1N(CC(=O)OC(C)(C)C)C(=O)[C@H](C)CSC(C)=O. The molecule has 154 valence electrons. The van der Waals surface area contributed by atoms with E-state index in [1.807, 2.05) is 0 Å². The Morgan fingerprint density at radius 1 is 1.14 bits per heavy atom. The predicted molar refractivity (Wildman–Crippen MR) is 108 cm³/mol. The highest BCUT2D eigenvalue weighted by Crippen LogP contribution is 2.25. The van der Waals surface area contributed by atoms with Gasteiger partial charge in [-0.2, -0.15) is 0 Å². The molecular weight excluding hydrogens is 382 g/mol. The third kappa shape index (κ3) is 7.34. The molecule has 28 heavy (non-hydrogen) atoms. The Kier molecular flexibility index (Phi) is 8.68. The molecule has 0 saturated heterocycles. The minimum Gasteiger partial charge on any atom is -0.465 e. The largest absolute Gasteiger partial charge is 0.465 e. The fourth-order valence-electron chi connectivity index (χ4n) is 2.36. The molecule has 0 aliphatic heterocycles. The number of hydrogen-bond acceptors (Lipinski definition) is 7. The van der Waals surface area contributed by atoms with Crippen LogP contribution in [-0.2, 0) is 23.9 Å². The second-order valence-electron chi connectivity index (χ2n) is 7.22. The number of esters is 2. The molecule has 7 nitrogen and oxygen atoms in total. The van der Waals surface area contributed by atoms with Crippen LogP contribution in [0.2, 0.25) is 0 Å². The maximum atomic E-state index is 13.1. The molecule has 0 aliphatic rings. The first-order valence-corrected chi connectivity index (χ1v) is 9.78. The Morgan fingerprint density at radius 3 is 2.29 bits per heavy atom. The normalized spacial score (nSPS) is 12.1. The summed E-state index contributed by atoms with van der Waals surface area (Å²) in [5.41, 5.74) is -0.303. The van der Waals surface area contributed by atoms with Gasteiger partial charge in [-0.1, -0.05) is 30.8 Å². The first-order valence-electron chi connectivity index (χ1n) is 8.80. The number of thioether (sulfide) groups is 1. The van der Waals surface area contributed by atoms with Gasteiger partial charge in [-0.15, -0.1) is 0 Å². The maximum absolute atomic E-state index is 13.1. The number of methoxy groups -OCH3 is 1. The first kappa shape index (κ1) is 23.7. The molecule has 1 aromatic carbocycles. The molecular formula is C20H27NO6S. The minimum atomic E-state index is -0.718. The van der Waals surface area contributed by atoms with E-state index in [1.165, 1.54) is 25.0 Å². The lowest BCUT2D eigenvalue weighted by atomic mass is 10.1. The van der Waals surface area contributed by atoms with Gasteiger partial charge >= 0.3 is 11.9 Å². The number of carbonyl (C=O) groups excluding carboxylic acids is 4. The van der Waals surface area contributed by atoms with Crippen molar-refractivity contribution in [1.29, 1.82) is 0 Å². The van der Waals surface area contributed by atoms with Crippen molar-refractivity contribution in [1.82, 2.24) is 0 Å². The van der Waals surface area contributed by atoms with Crippen molar-refractivity contribution in [3.05, 3.63) is 29.8 Å². The monoisotopic (exact) mass is 409 g/mol. The minimum absolute atomic E-state index is 0.103. The van der Waals surface area contributed by atoms with Gasteiger partial charge in [-0.05, 0) is 32.9 Å². The van der Waals surface area contributed by atoms with Crippen LogP contribution in [0.3, 0.4) is 0 Å². The second-order valence-corrected chi connectivity index (χ2v) is 8.42. The van der Waals surface area contributed by atoms with E-state index in [9.17, 15) is 19.2 Å². The van der Waals surface area contributed by atoms with Crippen molar-refractivity contribution in [3.63, 3.8) is 0 Å². The highest BCUT2D eigenvalue weighted by atomic mass is 32.2. The quantitative estimate of drug-likeness (QED) is 0.639. The van der Waals surface area contributed by atoms with Gasteiger partial charge in [0, 0.05) is 18.6 Å². The summed E-state index contributed by atoms with van der Waals surface area (Å²) in [6.45, 7) is 7.91. The number of para-hydroxylation sites is 1. The number of nitrogens with zero attached hydrogens (tertiary/aromatic N) is 1. The van der Waals surface area contributed by atoms with Crippen LogP contribution in [0.15, 0.2) is 24.3 Å². The van der Waals surface area contributed by atoms with Crippen LogP contribution in [0.4, 0.5) is 5.69 Å². The van der Waals surface area contributed by atoms with Crippen LogP contribution in [0.5, 0.6) is 0 Å². The van der Waals surface area contributed by atoms with Crippen molar-refractivity contribution >= 4 is 40.4 Å². The lowest BCUT2D eigenvalue weighted by Gasteiger charge is -2.28. The van der Waals surface area contributed by atoms with Crippen LogP contribution in [0.1, 0.15) is 45.0 Å². The average Bonchev–Trinajstić information content (AvgIpc) is 2.61. The number of carbonyl (C=O) groups is 4. The van der Waals surface area contributed by atoms with Crippen LogP contribution >= 0.6 is 11.8 Å². The number of amides is 1. The van der Waals surface area contributed by atoms with Crippen LogP contribution < -0.4 is 4.90 Å². The molecule has 0 unspecified atom stereocenters. The number of hydrogen-bond donors (Lipinski definition) is 0. The molecule has 1 amide bonds. The van der Waals surface area contributed by atoms with E-state index in [-0.39, 0.29) is 28.7 Å². The Morgan fingerprint density at radius 2 is 1.75 bits per heavy atom. The van der Waals surface area contributed by atoms with E-state index in [1.54, 1.807) is 45.9 Å². The van der Waals surface area contributed by atoms with E-state index < -0.39 is 29.4 Å². The summed E-state index contributed by atoms with van der Waals surface area (Å²) in [6, 6.07) is 6.39. The first-order chi connectivity index (χ1) is 13.0. The van der Waals surface area contributed by atoms with Gasteiger partial charge in [0.05, 0.1) is 18.4 Å². The van der Waals surface area contributed by atoms with Gasteiger partial charge in [-0.3, -0.25) is 14.4 Å². The molecule has 0 aliphatic carbocycles. The number of benzene rings is 1. The molecule has 8 heteroatoms. The van der Waals surface area contributed by atoms with Gasteiger partial charge < -0.3 is 14.4 Å². The van der Waals surface area contributed by atoms with Gasteiger partial charge in [0.2, 0.25) is 5.91 Å². The number of anilines is 1. The van der Waals surface area contributed by atoms with Gasteiger partial charge in [-0.25, -0.2) is 4.79 Å². The summed E-state index contributed by atoms with van der Waals surface area (Å²) in [7, 11) is 1.24. The molecule has 1 atom stereocenters. The fraction of sp³-hybridized carbons (Fsp3) is 0.500. The van der Waals surface area contributed by atoms with E-state index in [2.05, 4.69) is 0 Å². The molecule has 1 rings (SSSR count). The van der Waals surface area contributed by atoms with Crippen molar-refractivity contribution < 1.29 is 28.7 Å². The van der Waals surface area contributed by atoms with Gasteiger partial charge in [0.25, 0.3) is 0 Å². The molecule has 0 heterocycles. The summed E-state index contributed by atoms with van der Waals surface area (Å²) in [6.07, 6.45) is 0. The van der Waals surface area contributed by atoms with Crippen LogP contribution in [-0.4, -0.2) is 48.0 Å². The smallest absolute Gasteiger partial charge is 0.339 e. The standard InChI is InChI=1S/C20H27NO6S/c1-13(12-28-14(2)22)18(24)21(11-17(23)27-20(3,4)5)16-10-8-7-9-15(16)19(25)26-6/h7-10,13H,11-12H2,1-6H3/t13-/m1/s1. The van der Waals surface area contributed by atoms with Crippen LogP contribution in [0.25, 0.3) is 0 Å². The third-order valence-electron chi connectivity index (χ3n) is 3.53. The highest BCUT2D eigenvalue weighted by Gasteiger charge is 2.29. The van der Waals surface area contributed by atoms with Crippen molar-refractivity contribution in [2.75, 3.05) is 24.3 Å². The molecule has 0 bridgehead atoms. The molecule has 0 saturated carbocycles. The number of rotatable bonds is 7. The summed E-state index contributed by atoms with van der Waals surface area (Å²) in [5, 5.41) is -0.103. The predicted octanol–water partition coefficient (Wildman–Crippen LogP) is 3.06. The van der Waals surface area contributed by atoms with Gasteiger partial charge in [0.1, 0.15) is 12.1 Å². The molecule has 0 N–H and O–H groups in total. The summed E-state index contributed by atoms with van der Waals surface area (Å²) in [5.74, 6) is -1.91. The van der Waals surface area contributed by atoms with E-state index in [0.717, 1.165) is 11.8 Å². The van der Waals surface area contributed by atoms with E-state index in [4.69, 9.17) is 9.47 Å². The zero-order valence-corrected chi connectivity index (χ0v) is 17.9. The van der Waals surface area contributed by atoms with Crippen molar-refractivity contribution in [2.24, 2.45) is 5.92 Å². The molecule has 0 radical (unpaired) electrons. The van der Waals surface area contributed by atoms with E-state index in [0.29, 0.717) is 0 Å². The van der Waals surface area contributed by atoms with Crippen LogP contribution in [0, 0.1) is 5.92 Å². The third-order valence-corrected chi connectivity index (χ3v) is 4.60. The summed E-state index contributed by atoms with van der Waals surface area (Å²) < 4.78 is 10.1. The Bertz CT molecular complexity index is 740. The highest BCUT2D eigenvalue weighted by molar-refractivity contribution is 8.13. The molecule has 0 aromatic heterocycles. The molecule has 1 aromatic rings.